The quantitative estimate of drug-likeness (QED) is 0.678. The molecule has 0 fully saturated rings. The number of carbonyl (C=O) groups is 1. The minimum atomic E-state index is -0.131. The Balaban J connectivity index is 1.78. The Morgan fingerprint density at radius 1 is 1.13 bits per heavy atom. The Kier molecular flexibility index (Phi) is 4.60. The van der Waals surface area contributed by atoms with Crippen LogP contribution in [0.3, 0.4) is 0 Å². The second-order valence-electron chi connectivity index (χ2n) is 5.30. The van der Waals surface area contributed by atoms with E-state index in [9.17, 15) is 4.79 Å². The summed E-state index contributed by atoms with van der Waals surface area (Å²) in [6.45, 7) is 2.10. The highest BCUT2D eigenvalue weighted by molar-refractivity contribution is 6.42. The van der Waals surface area contributed by atoms with Gasteiger partial charge in [-0.05, 0) is 42.3 Å². The maximum Gasteiger partial charge on any atom is 0.228 e. The topological polar surface area (TPSA) is 42.2 Å². The van der Waals surface area contributed by atoms with Crippen LogP contribution in [0.2, 0.25) is 10.0 Å². The van der Waals surface area contributed by atoms with Gasteiger partial charge in [-0.1, -0.05) is 36.2 Å². The normalized spacial score (nSPS) is 10.9. The van der Waals surface area contributed by atoms with Gasteiger partial charge in [-0.15, -0.1) is 0 Å². The number of furan rings is 1. The van der Waals surface area contributed by atoms with E-state index < -0.39 is 0 Å². The molecule has 0 aliphatic rings. The Morgan fingerprint density at radius 3 is 2.70 bits per heavy atom. The molecule has 0 atom stereocenters. The van der Waals surface area contributed by atoms with Crippen molar-refractivity contribution in [2.45, 2.75) is 19.8 Å². The standard InChI is InChI=1S/C18H15Cl2NO2/c1-2-11-3-6-17-14(7-11)12(10-23-17)8-18(22)21-13-4-5-15(19)16(20)9-13/h3-7,9-10H,2,8H2,1H3,(H,21,22). The van der Waals surface area contributed by atoms with E-state index >= 15 is 0 Å². The lowest BCUT2D eigenvalue weighted by Crippen LogP contribution is -2.14. The van der Waals surface area contributed by atoms with Crippen molar-refractivity contribution in [3.8, 4) is 0 Å². The van der Waals surface area contributed by atoms with Crippen molar-refractivity contribution in [1.29, 1.82) is 0 Å². The van der Waals surface area contributed by atoms with Gasteiger partial charge in [-0.3, -0.25) is 4.79 Å². The number of hydrogen-bond acceptors (Lipinski definition) is 2. The molecule has 3 rings (SSSR count). The van der Waals surface area contributed by atoms with Crippen LogP contribution >= 0.6 is 23.2 Å². The number of hydrogen-bond donors (Lipinski definition) is 1. The summed E-state index contributed by atoms with van der Waals surface area (Å²) in [6.07, 6.45) is 2.81. The summed E-state index contributed by atoms with van der Waals surface area (Å²) in [6, 6.07) is 11.0. The van der Waals surface area contributed by atoms with Gasteiger partial charge < -0.3 is 9.73 Å². The third-order valence-electron chi connectivity index (χ3n) is 3.68. The van der Waals surface area contributed by atoms with Crippen LogP contribution in [-0.2, 0) is 17.6 Å². The van der Waals surface area contributed by atoms with E-state index in [1.807, 2.05) is 12.1 Å². The summed E-state index contributed by atoms with van der Waals surface area (Å²) in [5.41, 5.74) is 3.49. The minimum absolute atomic E-state index is 0.131. The molecule has 3 aromatic rings. The first-order valence-electron chi connectivity index (χ1n) is 7.30. The molecular formula is C18H15Cl2NO2. The average molecular weight is 348 g/mol. The maximum atomic E-state index is 12.2. The maximum absolute atomic E-state index is 12.2. The monoisotopic (exact) mass is 347 g/mol. The van der Waals surface area contributed by atoms with Crippen molar-refractivity contribution in [2.75, 3.05) is 5.32 Å². The number of aryl methyl sites for hydroxylation is 1. The van der Waals surface area contributed by atoms with Crippen molar-refractivity contribution < 1.29 is 9.21 Å². The molecular weight excluding hydrogens is 333 g/mol. The van der Waals surface area contributed by atoms with Crippen LogP contribution in [-0.4, -0.2) is 5.91 Å². The average Bonchev–Trinajstić information content (AvgIpc) is 2.93. The molecule has 3 nitrogen and oxygen atoms in total. The zero-order valence-corrected chi connectivity index (χ0v) is 14.0. The van der Waals surface area contributed by atoms with Crippen LogP contribution in [0.15, 0.2) is 47.1 Å². The number of benzene rings is 2. The summed E-state index contributed by atoms with van der Waals surface area (Å²) in [5, 5.41) is 4.66. The van der Waals surface area contributed by atoms with Crippen molar-refractivity contribution in [2.24, 2.45) is 0 Å². The molecule has 23 heavy (non-hydrogen) atoms. The van der Waals surface area contributed by atoms with Crippen LogP contribution in [0.4, 0.5) is 5.69 Å². The first-order chi connectivity index (χ1) is 11.1. The predicted octanol–water partition coefficient (Wildman–Crippen LogP) is 5.48. The molecule has 1 heterocycles. The zero-order chi connectivity index (χ0) is 16.4. The van der Waals surface area contributed by atoms with Gasteiger partial charge in [0.2, 0.25) is 5.91 Å². The van der Waals surface area contributed by atoms with Crippen LogP contribution in [0, 0.1) is 0 Å². The van der Waals surface area contributed by atoms with Gasteiger partial charge in [-0.25, -0.2) is 0 Å². The van der Waals surface area contributed by atoms with Gasteiger partial charge in [0.1, 0.15) is 5.58 Å². The smallest absolute Gasteiger partial charge is 0.228 e. The number of nitrogens with one attached hydrogen (secondary N) is 1. The Hall–Kier alpha value is -1.97. The lowest BCUT2D eigenvalue weighted by molar-refractivity contribution is -0.115. The largest absolute Gasteiger partial charge is 0.464 e. The van der Waals surface area contributed by atoms with Gasteiger partial charge in [0.15, 0.2) is 0 Å². The van der Waals surface area contributed by atoms with Gasteiger partial charge in [0.25, 0.3) is 0 Å². The highest BCUT2D eigenvalue weighted by Crippen LogP contribution is 2.26. The fourth-order valence-corrected chi connectivity index (χ4v) is 2.74. The molecule has 0 radical (unpaired) electrons. The van der Waals surface area contributed by atoms with E-state index in [2.05, 4.69) is 18.3 Å². The number of amides is 1. The molecule has 1 amide bonds. The summed E-state index contributed by atoms with van der Waals surface area (Å²) in [7, 11) is 0. The second kappa shape index (κ2) is 6.65. The molecule has 2 aromatic carbocycles. The van der Waals surface area contributed by atoms with Gasteiger partial charge in [0.05, 0.1) is 22.7 Å². The third-order valence-corrected chi connectivity index (χ3v) is 4.42. The molecule has 0 saturated carbocycles. The molecule has 118 valence electrons. The number of fused-ring (bicyclic) bond motifs is 1. The molecule has 5 heteroatoms. The van der Waals surface area contributed by atoms with Crippen molar-refractivity contribution in [3.63, 3.8) is 0 Å². The van der Waals surface area contributed by atoms with E-state index in [1.54, 1.807) is 24.5 Å². The molecule has 0 spiro atoms. The second-order valence-corrected chi connectivity index (χ2v) is 6.11. The lowest BCUT2D eigenvalue weighted by Gasteiger charge is -2.06. The highest BCUT2D eigenvalue weighted by Gasteiger charge is 2.11. The van der Waals surface area contributed by atoms with Crippen molar-refractivity contribution >= 4 is 45.8 Å². The fraction of sp³-hybridized carbons (Fsp3) is 0.167. The Bertz CT molecular complexity index is 871. The van der Waals surface area contributed by atoms with E-state index in [1.165, 1.54) is 5.56 Å². The fourth-order valence-electron chi connectivity index (χ4n) is 2.44. The first-order valence-corrected chi connectivity index (χ1v) is 8.06. The number of rotatable bonds is 4. The molecule has 0 unspecified atom stereocenters. The summed E-state index contributed by atoms with van der Waals surface area (Å²) in [4.78, 5) is 12.2. The predicted molar refractivity (Wildman–Crippen MR) is 94.4 cm³/mol. The third kappa shape index (κ3) is 3.52. The lowest BCUT2D eigenvalue weighted by atomic mass is 10.1. The van der Waals surface area contributed by atoms with E-state index in [4.69, 9.17) is 27.6 Å². The van der Waals surface area contributed by atoms with Crippen LogP contribution in [0.5, 0.6) is 0 Å². The van der Waals surface area contributed by atoms with E-state index in [-0.39, 0.29) is 12.3 Å². The Morgan fingerprint density at radius 2 is 1.96 bits per heavy atom. The van der Waals surface area contributed by atoms with Crippen molar-refractivity contribution in [3.05, 3.63) is 63.8 Å². The van der Waals surface area contributed by atoms with Crippen LogP contribution in [0.25, 0.3) is 11.0 Å². The summed E-state index contributed by atoms with van der Waals surface area (Å²) < 4.78 is 5.52. The number of carbonyl (C=O) groups excluding carboxylic acids is 1. The molecule has 0 aliphatic heterocycles. The van der Waals surface area contributed by atoms with E-state index in [0.717, 1.165) is 23.0 Å². The number of halogens is 2. The molecule has 0 bridgehead atoms. The number of anilines is 1. The first kappa shape index (κ1) is 15.9. The SMILES string of the molecule is CCc1ccc2occ(CC(=O)Nc3ccc(Cl)c(Cl)c3)c2c1. The molecule has 1 aromatic heterocycles. The molecule has 1 N–H and O–H groups in total. The van der Waals surface area contributed by atoms with Crippen LogP contribution < -0.4 is 5.32 Å². The Labute approximate surface area is 144 Å². The van der Waals surface area contributed by atoms with Gasteiger partial charge >= 0.3 is 0 Å². The van der Waals surface area contributed by atoms with Crippen molar-refractivity contribution in [1.82, 2.24) is 0 Å². The molecule has 0 saturated heterocycles. The highest BCUT2D eigenvalue weighted by atomic mass is 35.5. The minimum Gasteiger partial charge on any atom is -0.464 e. The van der Waals surface area contributed by atoms with E-state index in [0.29, 0.717) is 15.7 Å². The zero-order valence-electron chi connectivity index (χ0n) is 12.5. The van der Waals surface area contributed by atoms with Gasteiger partial charge in [0, 0.05) is 16.6 Å². The van der Waals surface area contributed by atoms with Crippen LogP contribution in [0.1, 0.15) is 18.1 Å². The van der Waals surface area contributed by atoms with Gasteiger partial charge in [-0.2, -0.15) is 0 Å². The summed E-state index contributed by atoms with van der Waals surface area (Å²) >= 11 is 11.8. The summed E-state index contributed by atoms with van der Waals surface area (Å²) in [5.74, 6) is -0.131. The molecule has 0 aliphatic carbocycles.